The van der Waals surface area contributed by atoms with Gasteiger partial charge in [0.05, 0.1) is 0 Å². The summed E-state index contributed by atoms with van der Waals surface area (Å²) < 4.78 is 0. The number of aryl methyl sites for hydroxylation is 1. The first-order valence-corrected chi connectivity index (χ1v) is 14.3. The molecule has 1 amide bonds. The summed E-state index contributed by atoms with van der Waals surface area (Å²) in [5.74, 6) is 1.74. The zero-order chi connectivity index (χ0) is 28.8. The van der Waals surface area contributed by atoms with Gasteiger partial charge in [-0.25, -0.2) is 0 Å². The van der Waals surface area contributed by atoms with E-state index in [1.165, 1.54) is 5.56 Å². The summed E-state index contributed by atoms with van der Waals surface area (Å²) in [6.45, 7) is 15.0. The second kappa shape index (κ2) is 22.7. The normalized spacial score (nSPS) is 12.2. The van der Waals surface area contributed by atoms with E-state index < -0.39 is 0 Å². The van der Waals surface area contributed by atoms with E-state index in [1.807, 2.05) is 7.05 Å². The van der Waals surface area contributed by atoms with Crippen LogP contribution < -0.4 is 22.1 Å². The van der Waals surface area contributed by atoms with Gasteiger partial charge in [-0.05, 0) is 63.2 Å². The molecule has 0 saturated carbocycles. The molecule has 8 nitrogen and oxygen atoms in total. The summed E-state index contributed by atoms with van der Waals surface area (Å²) in [4.78, 5) is 19.2. The van der Waals surface area contributed by atoms with Gasteiger partial charge in [0.2, 0.25) is 5.91 Å². The topological polar surface area (TPSA) is 129 Å². The van der Waals surface area contributed by atoms with Crippen LogP contribution in [0.5, 0.6) is 0 Å². The molecular formula is C30H56N6O2. The van der Waals surface area contributed by atoms with Crippen LogP contribution in [0.3, 0.4) is 0 Å². The van der Waals surface area contributed by atoms with Crippen LogP contribution in [-0.4, -0.2) is 75.2 Å². The van der Waals surface area contributed by atoms with E-state index in [1.54, 1.807) is 0 Å². The maximum Gasteiger partial charge on any atom is 0.220 e. The van der Waals surface area contributed by atoms with Crippen molar-refractivity contribution < 1.29 is 9.90 Å². The maximum atomic E-state index is 12.3. The van der Waals surface area contributed by atoms with Crippen LogP contribution in [-0.2, 0) is 11.2 Å². The molecule has 0 saturated heterocycles. The molecule has 0 radical (unpaired) electrons. The number of amides is 1. The van der Waals surface area contributed by atoms with Crippen LogP contribution in [0.25, 0.3) is 5.70 Å². The lowest BCUT2D eigenvalue weighted by molar-refractivity contribution is -0.122. The highest BCUT2D eigenvalue weighted by molar-refractivity contribution is 5.92. The van der Waals surface area contributed by atoms with E-state index in [4.69, 9.17) is 21.6 Å². The highest BCUT2D eigenvalue weighted by Gasteiger charge is 2.16. The monoisotopic (exact) mass is 532 g/mol. The van der Waals surface area contributed by atoms with Gasteiger partial charge in [0, 0.05) is 57.9 Å². The Morgan fingerprint density at radius 1 is 1.11 bits per heavy atom. The van der Waals surface area contributed by atoms with Crippen LogP contribution in [0, 0.1) is 11.8 Å². The van der Waals surface area contributed by atoms with E-state index in [0.717, 1.165) is 82.4 Å². The van der Waals surface area contributed by atoms with E-state index in [2.05, 4.69) is 67.1 Å². The number of aliphatic hydroxyl groups excluding tert-OH is 1. The first-order valence-electron chi connectivity index (χ1n) is 14.3. The number of hydrogen-bond donors (Lipinski definition) is 5. The molecule has 0 spiro atoms. The Hall–Kier alpha value is -2.26. The zero-order valence-electron chi connectivity index (χ0n) is 24.8. The van der Waals surface area contributed by atoms with Gasteiger partial charge in [0.1, 0.15) is 5.84 Å². The highest BCUT2D eigenvalue weighted by atomic mass is 16.2. The number of aliphatic hydroxyl groups is 1. The molecule has 1 aromatic carbocycles. The number of likely N-dealkylation sites (N-methyl/N-ethyl adjacent to an activating group) is 1. The fourth-order valence-electron chi connectivity index (χ4n) is 4.48. The van der Waals surface area contributed by atoms with Gasteiger partial charge in [-0.15, -0.1) is 0 Å². The molecule has 0 heterocycles. The lowest BCUT2D eigenvalue weighted by atomic mass is 9.96. The third kappa shape index (κ3) is 15.2. The number of nitrogens with zero attached hydrogens (tertiary/aromatic N) is 2. The highest BCUT2D eigenvalue weighted by Crippen LogP contribution is 2.18. The summed E-state index contributed by atoms with van der Waals surface area (Å²) in [6.07, 6.45) is 6.84. The number of amidine groups is 1. The minimum atomic E-state index is 0.0679. The molecule has 0 aromatic heterocycles. The quantitative estimate of drug-likeness (QED) is 0.106. The summed E-state index contributed by atoms with van der Waals surface area (Å²) in [5.41, 5.74) is 14.7. The van der Waals surface area contributed by atoms with Gasteiger partial charge in [0.15, 0.2) is 0 Å². The molecule has 1 unspecified atom stereocenters. The summed E-state index contributed by atoms with van der Waals surface area (Å²) in [6, 6.07) is 8.53. The van der Waals surface area contributed by atoms with Crippen molar-refractivity contribution in [2.45, 2.75) is 65.7 Å². The van der Waals surface area contributed by atoms with Crippen molar-refractivity contribution in [1.29, 1.82) is 0 Å². The molecule has 0 bridgehead atoms. The molecule has 38 heavy (non-hydrogen) atoms. The van der Waals surface area contributed by atoms with Gasteiger partial charge in [-0.3, -0.25) is 9.79 Å². The number of hydrogen-bond acceptors (Lipinski definition) is 6. The van der Waals surface area contributed by atoms with Crippen LogP contribution >= 0.6 is 0 Å². The van der Waals surface area contributed by atoms with Crippen molar-refractivity contribution in [3.05, 3.63) is 42.0 Å². The van der Waals surface area contributed by atoms with Crippen molar-refractivity contribution in [2.75, 3.05) is 53.4 Å². The second-order valence-electron chi connectivity index (χ2n) is 9.74. The number of nitrogens with two attached hydrogens (primary N) is 2. The first kappa shape index (κ1) is 35.7. The Bertz CT molecular complexity index is 775. The molecule has 7 N–H and O–H groups in total. The van der Waals surface area contributed by atoms with E-state index >= 15 is 0 Å². The third-order valence-corrected chi connectivity index (χ3v) is 6.42. The van der Waals surface area contributed by atoms with Crippen LogP contribution in [0.15, 0.2) is 35.8 Å². The number of benzene rings is 1. The van der Waals surface area contributed by atoms with Crippen LogP contribution in [0.2, 0.25) is 0 Å². The molecular weight excluding hydrogens is 476 g/mol. The van der Waals surface area contributed by atoms with E-state index in [9.17, 15) is 4.79 Å². The molecule has 8 heteroatoms. The Balaban J connectivity index is 0.00000667. The van der Waals surface area contributed by atoms with Gasteiger partial charge >= 0.3 is 0 Å². The minimum Gasteiger partial charge on any atom is -0.400 e. The second-order valence-corrected chi connectivity index (χ2v) is 9.74. The SMILES string of the molecule is C=C(NC(=NCC)C(CCC)CCC)c1ccc(CCCNC(=O)CC(CN)CN(C)CCN)cc1.CO. The molecule has 0 aliphatic carbocycles. The number of nitrogens with one attached hydrogen (secondary N) is 2. The number of carbonyl (C=O) groups is 1. The summed E-state index contributed by atoms with van der Waals surface area (Å²) in [7, 11) is 3.01. The lowest BCUT2D eigenvalue weighted by Crippen LogP contribution is -2.36. The molecule has 0 fully saturated rings. The molecule has 1 atom stereocenters. The maximum absolute atomic E-state index is 12.3. The third-order valence-electron chi connectivity index (χ3n) is 6.42. The van der Waals surface area contributed by atoms with Gasteiger partial charge in [-0.2, -0.15) is 0 Å². The van der Waals surface area contributed by atoms with Crippen LogP contribution in [0.4, 0.5) is 0 Å². The standard InChI is InChI=1S/C29H52N6O.CH4O/c1-6-10-27(11-7-2)29(32-8-3)34-23(4)26-15-13-24(14-16-26)12-9-18-33-28(36)20-25(21-31)22-35(5)19-17-30;1-2/h13-16,25,27H,4,6-12,17-22,30-31H2,1-3,5H3,(H,32,34)(H,33,36);2H,1H3. The van der Waals surface area contributed by atoms with Crippen LogP contribution in [0.1, 0.15) is 70.4 Å². The Labute approximate surface area is 232 Å². The minimum absolute atomic E-state index is 0.0679. The molecule has 0 aliphatic rings. The fraction of sp³-hybridized carbons (Fsp3) is 0.667. The summed E-state index contributed by atoms with van der Waals surface area (Å²) in [5, 5.41) is 13.6. The van der Waals surface area contributed by atoms with Crippen molar-refractivity contribution in [3.8, 4) is 0 Å². The van der Waals surface area contributed by atoms with Gasteiger partial charge in [0.25, 0.3) is 0 Å². The molecule has 1 rings (SSSR count). The van der Waals surface area contributed by atoms with Crippen molar-refractivity contribution in [1.82, 2.24) is 15.5 Å². The Morgan fingerprint density at radius 2 is 1.74 bits per heavy atom. The average molecular weight is 533 g/mol. The largest absolute Gasteiger partial charge is 0.400 e. The number of carbonyl (C=O) groups excluding carboxylic acids is 1. The fourth-order valence-corrected chi connectivity index (χ4v) is 4.48. The Kier molecular flexibility index (Phi) is 21.3. The van der Waals surface area contributed by atoms with Crippen molar-refractivity contribution in [3.63, 3.8) is 0 Å². The van der Waals surface area contributed by atoms with E-state index in [-0.39, 0.29) is 11.8 Å². The smallest absolute Gasteiger partial charge is 0.220 e. The average Bonchev–Trinajstić information content (AvgIpc) is 2.92. The molecule has 218 valence electrons. The summed E-state index contributed by atoms with van der Waals surface area (Å²) >= 11 is 0. The predicted molar refractivity (Wildman–Crippen MR) is 163 cm³/mol. The van der Waals surface area contributed by atoms with Gasteiger partial charge in [-0.1, -0.05) is 57.5 Å². The number of rotatable bonds is 19. The lowest BCUT2D eigenvalue weighted by Gasteiger charge is -2.22. The van der Waals surface area contributed by atoms with Crippen molar-refractivity contribution in [2.24, 2.45) is 28.3 Å². The molecule has 1 aromatic rings. The van der Waals surface area contributed by atoms with E-state index in [0.29, 0.717) is 32.0 Å². The number of aliphatic imine (C=N–C) groups is 1. The predicted octanol–water partition coefficient (Wildman–Crippen LogP) is 3.39. The first-order chi connectivity index (χ1) is 18.4. The Morgan fingerprint density at radius 3 is 2.26 bits per heavy atom. The van der Waals surface area contributed by atoms with Crippen molar-refractivity contribution >= 4 is 17.4 Å². The zero-order valence-corrected chi connectivity index (χ0v) is 24.8. The van der Waals surface area contributed by atoms with Gasteiger partial charge < -0.3 is 32.1 Å². The molecule has 0 aliphatic heterocycles.